The summed E-state index contributed by atoms with van der Waals surface area (Å²) in [6.07, 6.45) is 2.49. The molecule has 1 fully saturated rings. The summed E-state index contributed by atoms with van der Waals surface area (Å²) in [5, 5.41) is 3.02. The van der Waals surface area contributed by atoms with Crippen molar-refractivity contribution in [3.63, 3.8) is 0 Å². The Morgan fingerprint density at radius 2 is 1.88 bits per heavy atom. The van der Waals surface area contributed by atoms with Crippen LogP contribution in [0.1, 0.15) is 55.1 Å². The number of carbonyl (C=O) groups excluding carboxylic acids is 2. The van der Waals surface area contributed by atoms with E-state index in [9.17, 15) is 9.59 Å². The quantitative estimate of drug-likeness (QED) is 0.751. The highest BCUT2D eigenvalue weighted by atomic mass is 16.5. The number of rotatable bonds is 6. The average Bonchev–Trinajstić information content (AvgIpc) is 3.28. The second kappa shape index (κ2) is 9.33. The summed E-state index contributed by atoms with van der Waals surface area (Å²) in [5.41, 5.74) is 3.43. The maximum atomic E-state index is 12.7. The Hall–Kier alpha value is -2.86. The summed E-state index contributed by atoms with van der Waals surface area (Å²) in [6.45, 7) is 10.7. The predicted molar refractivity (Wildman–Crippen MR) is 126 cm³/mol. The maximum Gasteiger partial charge on any atom is 0.265 e. The first-order valence-electron chi connectivity index (χ1n) is 11.5. The summed E-state index contributed by atoms with van der Waals surface area (Å²) < 4.78 is 5.66. The molecule has 6 heteroatoms. The van der Waals surface area contributed by atoms with Crippen molar-refractivity contribution in [3.8, 4) is 5.75 Å². The number of nitrogens with one attached hydrogen (secondary N) is 1. The van der Waals surface area contributed by atoms with Crippen LogP contribution in [0.4, 0.5) is 5.69 Å². The van der Waals surface area contributed by atoms with Gasteiger partial charge in [0.25, 0.3) is 11.8 Å². The van der Waals surface area contributed by atoms with Crippen molar-refractivity contribution in [3.05, 3.63) is 59.2 Å². The van der Waals surface area contributed by atoms with Crippen LogP contribution >= 0.6 is 0 Å². The van der Waals surface area contributed by atoms with Gasteiger partial charge in [0.15, 0.2) is 6.61 Å². The topological polar surface area (TPSA) is 61.9 Å². The largest absolute Gasteiger partial charge is 0.482 e. The Bertz CT molecular complexity index is 990. The van der Waals surface area contributed by atoms with Crippen LogP contribution in [0.15, 0.2) is 42.5 Å². The van der Waals surface area contributed by atoms with Gasteiger partial charge in [-0.05, 0) is 66.7 Å². The molecule has 0 saturated carbocycles. The molecule has 2 aliphatic heterocycles. The van der Waals surface area contributed by atoms with E-state index in [1.54, 1.807) is 4.90 Å². The number of anilines is 1. The second-order valence-electron chi connectivity index (χ2n) is 9.71. The molecule has 32 heavy (non-hydrogen) atoms. The van der Waals surface area contributed by atoms with E-state index in [1.165, 1.54) is 12.8 Å². The molecule has 2 amide bonds. The number of likely N-dealkylation sites (tertiary alicyclic amines) is 1. The monoisotopic (exact) mass is 435 g/mol. The van der Waals surface area contributed by atoms with E-state index in [2.05, 4.69) is 37.1 Å². The zero-order chi connectivity index (χ0) is 22.7. The van der Waals surface area contributed by atoms with Gasteiger partial charge in [0.1, 0.15) is 5.75 Å². The van der Waals surface area contributed by atoms with Crippen LogP contribution in [0.5, 0.6) is 5.75 Å². The third-order valence-corrected chi connectivity index (χ3v) is 6.21. The number of hydrogen-bond acceptors (Lipinski definition) is 4. The molecule has 2 aromatic carbocycles. The lowest BCUT2D eigenvalue weighted by atomic mass is 9.86. The van der Waals surface area contributed by atoms with Crippen molar-refractivity contribution >= 4 is 17.5 Å². The van der Waals surface area contributed by atoms with Crippen molar-refractivity contribution < 1.29 is 14.3 Å². The summed E-state index contributed by atoms with van der Waals surface area (Å²) >= 11 is 0. The number of ether oxygens (including phenoxy) is 1. The summed E-state index contributed by atoms with van der Waals surface area (Å²) in [4.78, 5) is 29.5. The summed E-state index contributed by atoms with van der Waals surface area (Å²) in [6, 6.07) is 13.6. The van der Waals surface area contributed by atoms with Crippen LogP contribution in [0.2, 0.25) is 0 Å². The average molecular weight is 436 g/mol. The molecule has 6 nitrogen and oxygen atoms in total. The fourth-order valence-corrected chi connectivity index (χ4v) is 4.27. The van der Waals surface area contributed by atoms with E-state index in [-0.39, 0.29) is 23.8 Å². The molecular formula is C26H33N3O3. The van der Waals surface area contributed by atoms with Crippen molar-refractivity contribution in [2.24, 2.45) is 0 Å². The van der Waals surface area contributed by atoms with Gasteiger partial charge < -0.3 is 19.9 Å². The van der Waals surface area contributed by atoms with E-state index in [0.717, 1.165) is 36.4 Å². The molecule has 1 N–H and O–H groups in total. The van der Waals surface area contributed by atoms with Gasteiger partial charge in [-0.15, -0.1) is 0 Å². The first-order valence-corrected chi connectivity index (χ1v) is 11.5. The molecule has 0 atom stereocenters. The number of hydrogen-bond donors (Lipinski definition) is 1. The first-order chi connectivity index (χ1) is 15.3. The Labute approximate surface area is 190 Å². The minimum absolute atomic E-state index is 0.0263. The number of carbonyl (C=O) groups is 2. The zero-order valence-electron chi connectivity index (χ0n) is 19.3. The molecule has 170 valence electrons. The Kier molecular flexibility index (Phi) is 6.51. The maximum absolute atomic E-state index is 12.7. The highest BCUT2D eigenvalue weighted by Gasteiger charge is 2.27. The smallest absolute Gasteiger partial charge is 0.265 e. The van der Waals surface area contributed by atoms with Gasteiger partial charge >= 0.3 is 0 Å². The third-order valence-electron chi connectivity index (χ3n) is 6.21. The molecule has 0 aromatic heterocycles. The van der Waals surface area contributed by atoms with E-state index >= 15 is 0 Å². The van der Waals surface area contributed by atoms with Crippen molar-refractivity contribution in [2.45, 2.75) is 45.6 Å². The van der Waals surface area contributed by atoms with Crippen LogP contribution in [-0.2, 0) is 16.8 Å². The van der Waals surface area contributed by atoms with Gasteiger partial charge in [-0.2, -0.15) is 0 Å². The summed E-state index contributed by atoms with van der Waals surface area (Å²) in [7, 11) is 0. The molecule has 1 saturated heterocycles. The third kappa shape index (κ3) is 5.13. The highest BCUT2D eigenvalue weighted by molar-refractivity contribution is 5.98. The Morgan fingerprint density at radius 3 is 2.62 bits per heavy atom. The fraction of sp³-hybridized carbons (Fsp3) is 0.462. The molecule has 0 bridgehead atoms. The Morgan fingerprint density at radius 1 is 1.09 bits per heavy atom. The van der Waals surface area contributed by atoms with Crippen LogP contribution in [0, 0.1) is 0 Å². The van der Waals surface area contributed by atoms with Crippen LogP contribution < -0.4 is 15.0 Å². The van der Waals surface area contributed by atoms with Gasteiger partial charge in [-0.1, -0.05) is 39.0 Å². The SMILES string of the molecule is CC(C)(C)c1ccc2c(c1)N(Cc1cccc(C(=O)NCCN3CCCC3)c1)C(=O)CO2. The number of benzene rings is 2. The lowest BCUT2D eigenvalue weighted by Gasteiger charge is -2.31. The minimum atomic E-state index is -0.0796. The molecule has 0 radical (unpaired) electrons. The standard InChI is InChI=1S/C26H33N3O3/c1-26(2,3)21-9-10-23-22(16-21)29(24(30)18-32-23)17-19-7-6-8-20(15-19)25(31)27-11-14-28-12-4-5-13-28/h6-10,15-16H,4-5,11-14,17-18H2,1-3H3,(H,27,31). The fourth-order valence-electron chi connectivity index (χ4n) is 4.27. The molecule has 2 aliphatic rings. The van der Waals surface area contributed by atoms with E-state index < -0.39 is 0 Å². The number of amides is 2. The van der Waals surface area contributed by atoms with Gasteiger partial charge in [-0.25, -0.2) is 0 Å². The molecule has 0 aliphatic carbocycles. The zero-order valence-corrected chi connectivity index (χ0v) is 19.3. The van der Waals surface area contributed by atoms with E-state index in [0.29, 0.717) is 24.4 Å². The molecule has 0 spiro atoms. The van der Waals surface area contributed by atoms with Crippen LogP contribution in [0.25, 0.3) is 0 Å². The highest BCUT2D eigenvalue weighted by Crippen LogP contribution is 2.37. The Balaban J connectivity index is 1.47. The lowest BCUT2D eigenvalue weighted by Crippen LogP contribution is -2.38. The van der Waals surface area contributed by atoms with Gasteiger partial charge in [0.05, 0.1) is 12.2 Å². The van der Waals surface area contributed by atoms with E-state index in [4.69, 9.17) is 4.74 Å². The predicted octanol–water partition coefficient (Wildman–Crippen LogP) is 3.74. The second-order valence-corrected chi connectivity index (χ2v) is 9.71. The van der Waals surface area contributed by atoms with Crippen molar-refractivity contribution in [1.82, 2.24) is 10.2 Å². The molecule has 2 aromatic rings. The van der Waals surface area contributed by atoms with Gasteiger partial charge in [-0.3, -0.25) is 9.59 Å². The van der Waals surface area contributed by atoms with Gasteiger partial charge in [0.2, 0.25) is 0 Å². The molecular weight excluding hydrogens is 402 g/mol. The normalized spacial score (nSPS) is 16.6. The van der Waals surface area contributed by atoms with E-state index in [1.807, 2.05) is 36.4 Å². The van der Waals surface area contributed by atoms with Crippen molar-refractivity contribution in [2.75, 3.05) is 37.7 Å². The number of nitrogens with zero attached hydrogens (tertiary/aromatic N) is 2. The molecule has 0 unspecified atom stereocenters. The lowest BCUT2D eigenvalue weighted by molar-refractivity contribution is -0.121. The van der Waals surface area contributed by atoms with Crippen LogP contribution in [-0.4, -0.2) is 49.5 Å². The van der Waals surface area contributed by atoms with Gasteiger partial charge in [0, 0.05) is 18.7 Å². The molecule has 2 heterocycles. The number of fused-ring (bicyclic) bond motifs is 1. The van der Waals surface area contributed by atoms with Crippen molar-refractivity contribution in [1.29, 1.82) is 0 Å². The van der Waals surface area contributed by atoms with Crippen LogP contribution in [0.3, 0.4) is 0 Å². The first kappa shape index (κ1) is 22.3. The minimum Gasteiger partial charge on any atom is -0.482 e. The summed E-state index contributed by atoms with van der Waals surface area (Å²) in [5.74, 6) is 0.562. The molecule has 4 rings (SSSR count).